The molecule has 1 amide bonds. The molecule has 22 heavy (non-hydrogen) atoms. The summed E-state index contributed by atoms with van der Waals surface area (Å²) in [7, 11) is 0. The van der Waals surface area contributed by atoms with Gasteiger partial charge in [0.2, 0.25) is 5.91 Å². The van der Waals surface area contributed by atoms with Crippen LogP contribution in [0.4, 0.5) is 0 Å². The fourth-order valence-corrected chi connectivity index (χ4v) is 2.58. The standard InChI is InChI=1S/C15H18BrN5O/c1-9(11-6-17-7-11)15(22)18-8-13-19-14(21-20-13)10-2-4-12(16)5-3-10/h2-5,9,11,17H,6-8H2,1H3,(H,18,22)(H,19,20,21). The highest BCUT2D eigenvalue weighted by Gasteiger charge is 2.28. The molecule has 1 fully saturated rings. The third-order valence-corrected chi connectivity index (χ3v) is 4.53. The summed E-state index contributed by atoms with van der Waals surface area (Å²) in [5.41, 5.74) is 0.936. The third kappa shape index (κ3) is 3.36. The second-order valence-corrected chi connectivity index (χ2v) is 6.45. The average Bonchev–Trinajstić information content (AvgIpc) is 2.92. The fourth-order valence-electron chi connectivity index (χ4n) is 2.31. The number of amides is 1. The number of aromatic amines is 1. The lowest BCUT2D eigenvalue weighted by molar-refractivity contribution is -0.126. The molecule has 3 N–H and O–H groups in total. The van der Waals surface area contributed by atoms with Crippen molar-refractivity contribution in [2.75, 3.05) is 13.1 Å². The average molecular weight is 364 g/mol. The number of hydrogen-bond acceptors (Lipinski definition) is 4. The van der Waals surface area contributed by atoms with Crippen LogP contribution in [0.2, 0.25) is 0 Å². The number of hydrogen-bond donors (Lipinski definition) is 3. The highest BCUT2D eigenvalue weighted by Crippen LogP contribution is 2.18. The van der Waals surface area contributed by atoms with E-state index in [1.54, 1.807) is 0 Å². The summed E-state index contributed by atoms with van der Waals surface area (Å²) < 4.78 is 1.01. The molecule has 1 aliphatic rings. The van der Waals surface area contributed by atoms with Crippen LogP contribution in [-0.4, -0.2) is 34.2 Å². The van der Waals surface area contributed by atoms with Crippen molar-refractivity contribution in [3.63, 3.8) is 0 Å². The predicted molar refractivity (Wildman–Crippen MR) is 86.9 cm³/mol. The van der Waals surface area contributed by atoms with Crippen molar-refractivity contribution in [1.82, 2.24) is 25.8 Å². The number of nitrogens with one attached hydrogen (secondary N) is 3. The molecule has 116 valence electrons. The molecule has 6 nitrogen and oxygen atoms in total. The van der Waals surface area contributed by atoms with Gasteiger partial charge in [-0.3, -0.25) is 9.89 Å². The van der Waals surface area contributed by atoms with Crippen molar-refractivity contribution >= 4 is 21.8 Å². The Morgan fingerprint density at radius 2 is 2.14 bits per heavy atom. The normalized spacial score (nSPS) is 16.1. The molecule has 0 aliphatic carbocycles. The molecule has 7 heteroatoms. The molecule has 2 heterocycles. The molecule has 1 aromatic heterocycles. The van der Waals surface area contributed by atoms with E-state index in [0.717, 1.165) is 23.1 Å². The van der Waals surface area contributed by atoms with E-state index in [1.165, 1.54) is 0 Å². The SMILES string of the molecule is CC(C(=O)NCc1nc(-c2ccc(Br)cc2)n[nH]1)C1CNC1. The van der Waals surface area contributed by atoms with Gasteiger partial charge < -0.3 is 10.6 Å². The molecule has 0 saturated carbocycles. The number of H-pyrrole nitrogens is 1. The van der Waals surface area contributed by atoms with Crippen LogP contribution in [0, 0.1) is 11.8 Å². The zero-order valence-electron chi connectivity index (χ0n) is 12.3. The third-order valence-electron chi connectivity index (χ3n) is 4.00. The van der Waals surface area contributed by atoms with Gasteiger partial charge in [0.15, 0.2) is 5.82 Å². The molecule has 0 bridgehead atoms. The van der Waals surface area contributed by atoms with E-state index in [-0.39, 0.29) is 11.8 Å². The number of aromatic nitrogens is 3. The lowest BCUT2D eigenvalue weighted by Crippen LogP contribution is -2.49. The summed E-state index contributed by atoms with van der Waals surface area (Å²) in [5, 5.41) is 13.2. The topological polar surface area (TPSA) is 82.7 Å². The Morgan fingerprint density at radius 3 is 2.77 bits per heavy atom. The van der Waals surface area contributed by atoms with Crippen LogP contribution < -0.4 is 10.6 Å². The minimum atomic E-state index is 0.0233. The first-order valence-electron chi connectivity index (χ1n) is 7.29. The highest BCUT2D eigenvalue weighted by molar-refractivity contribution is 9.10. The predicted octanol–water partition coefficient (Wildman–Crippen LogP) is 1.71. The molecule has 1 unspecified atom stereocenters. The van der Waals surface area contributed by atoms with Crippen molar-refractivity contribution in [3.05, 3.63) is 34.6 Å². The lowest BCUT2D eigenvalue weighted by atomic mass is 9.88. The van der Waals surface area contributed by atoms with Crippen LogP contribution in [0.3, 0.4) is 0 Å². The van der Waals surface area contributed by atoms with Crippen molar-refractivity contribution in [2.45, 2.75) is 13.5 Å². The first-order valence-corrected chi connectivity index (χ1v) is 8.08. The Bertz CT molecular complexity index is 650. The zero-order chi connectivity index (χ0) is 15.5. The number of carbonyl (C=O) groups excluding carboxylic acids is 1. The van der Waals surface area contributed by atoms with Crippen LogP contribution in [0.1, 0.15) is 12.7 Å². The number of benzene rings is 1. The Morgan fingerprint density at radius 1 is 1.41 bits per heavy atom. The minimum Gasteiger partial charge on any atom is -0.349 e. The van der Waals surface area contributed by atoms with Gasteiger partial charge in [-0.05, 0) is 31.1 Å². The van der Waals surface area contributed by atoms with Gasteiger partial charge in [0.1, 0.15) is 5.82 Å². The van der Waals surface area contributed by atoms with Gasteiger partial charge >= 0.3 is 0 Å². The quantitative estimate of drug-likeness (QED) is 0.754. The van der Waals surface area contributed by atoms with E-state index >= 15 is 0 Å². The van der Waals surface area contributed by atoms with E-state index in [0.29, 0.717) is 24.1 Å². The molecule has 0 spiro atoms. The van der Waals surface area contributed by atoms with Crippen LogP contribution >= 0.6 is 15.9 Å². The van der Waals surface area contributed by atoms with Gasteiger partial charge in [-0.15, -0.1) is 0 Å². The second kappa shape index (κ2) is 6.58. The molecule has 0 radical (unpaired) electrons. The molecular weight excluding hydrogens is 346 g/mol. The molecular formula is C15H18BrN5O. The van der Waals surface area contributed by atoms with E-state index in [9.17, 15) is 4.79 Å². The number of carbonyl (C=O) groups is 1. The first-order chi connectivity index (χ1) is 10.6. The Hall–Kier alpha value is -1.73. The molecule has 1 aliphatic heterocycles. The minimum absolute atomic E-state index is 0.0233. The van der Waals surface area contributed by atoms with E-state index in [1.807, 2.05) is 31.2 Å². The largest absolute Gasteiger partial charge is 0.349 e. The van der Waals surface area contributed by atoms with Gasteiger partial charge in [-0.1, -0.05) is 35.0 Å². The summed E-state index contributed by atoms with van der Waals surface area (Å²) in [6, 6.07) is 7.78. The fraction of sp³-hybridized carbons (Fsp3) is 0.400. The number of nitrogens with zero attached hydrogens (tertiary/aromatic N) is 2. The summed E-state index contributed by atoms with van der Waals surface area (Å²) >= 11 is 3.40. The van der Waals surface area contributed by atoms with Gasteiger partial charge in [0.25, 0.3) is 0 Å². The van der Waals surface area contributed by atoms with Crippen LogP contribution in [-0.2, 0) is 11.3 Å². The zero-order valence-corrected chi connectivity index (χ0v) is 13.9. The monoisotopic (exact) mass is 363 g/mol. The molecule has 1 saturated heterocycles. The molecule has 1 atom stereocenters. The highest BCUT2D eigenvalue weighted by atomic mass is 79.9. The van der Waals surface area contributed by atoms with Crippen LogP contribution in [0.15, 0.2) is 28.7 Å². The number of rotatable bonds is 5. The van der Waals surface area contributed by atoms with Gasteiger partial charge in [-0.2, -0.15) is 5.10 Å². The Kier molecular flexibility index (Phi) is 4.54. The molecule has 1 aromatic carbocycles. The molecule has 2 aromatic rings. The second-order valence-electron chi connectivity index (χ2n) is 5.54. The van der Waals surface area contributed by atoms with E-state index in [4.69, 9.17) is 0 Å². The van der Waals surface area contributed by atoms with Crippen molar-refractivity contribution in [3.8, 4) is 11.4 Å². The molecule has 3 rings (SSSR count). The summed E-state index contributed by atoms with van der Waals surface area (Å²) in [5.74, 6) is 1.81. The summed E-state index contributed by atoms with van der Waals surface area (Å²) in [4.78, 5) is 16.5. The Labute approximate surface area is 137 Å². The number of halogens is 1. The van der Waals surface area contributed by atoms with Crippen molar-refractivity contribution in [1.29, 1.82) is 0 Å². The summed E-state index contributed by atoms with van der Waals surface area (Å²) in [6.45, 7) is 4.18. The summed E-state index contributed by atoms with van der Waals surface area (Å²) in [6.07, 6.45) is 0. The maximum absolute atomic E-state index is 12.1. The maximum Gasteiger partial charge on any atom is 0.223 e. The van der Waals surface area contributed by atoms with Gasteiger partial charge in [0.05, 0.1) is 6.54 Å². The van der Waals surface area contributed by atoms with Crippen LogP contribution in [0.25, 0.3) is 11.4 Å². The van der Waals surface area contributed by atoms with Gasteiger partial charge in [0, 0.05) is 16.0 Å². The Balaban J connectivity index is 1.57. The van der Waals surface area contributed by atoms with Crippen molar-refractivity contribution in [2.24, 2.45) is 11.8 Å². The smallest absolute Gasteiger partial charge is 0.223 e. The van der Waals surface area contributed by atoms with E-state index in [2.05, 4.69) is 41.7 Å². The van der Waals surface area contributed by atoms with Crippen LogP contribution in [0.5, 0.6) is 0 Å². The lowest BCUT2D eigenvalue weighted by Gasteiger charge is -2.31. The van der Waals surface area contributed by atoms with Gasteiger partial charge in [-0.25, -0.2) is 4.98 Å². The van der Waals surface area contributed by atoms with Crippen molar-refractivity contribution < 1.29 is 4.79 Å². The first kappa shape index (κ1) is 15.2. The van der Waals surface area contributed by atoms with E-state index < -0.39 is 0 Å². The maximum atomic E-state index is 12.1.